The topological polar surface area (TPSA) is 0 Å². The second-order valence-corrected chi connectivity index (χ2v) is 3.57. The predicted octanol–water partition coefficient (Wildman–Crippen LogP) is 5.06. The summed E-state index contributed by atoms with van der Waals surface area (Å²) in [6.07, 6.45) is 5.55. The highest BCUT2D eigenvalue weighted by Gasteiger charge is 1.93. The zero-order valence-electron chi connectivity index (χ0n) is 9.44. The fourth-order valence-corrected chi connectivity index (χ4v) is 1.70. The van der Waals surface area contributed by atoms with Crippen LogP contribution in [0.1, 0.15) is 13.8 Å². The molecule has 0 nitrogen and oxygen atoms in total. The van der Waals surface area contributed by atoms with E-state index in [2.05, 4.69) is 25.3 Å². The number of benzene rings is 1. The molecule has 1 heteroatoms. The SMILES string of the molecule is C=C/C=C(\C=C)Sc1ccccc1.CC. The fourth-order valence-electron chi connectivity index (χ4n) is 0.885. The van der Waals surface area contributed by atoms with Crippen molar-refractivity contribution in [1.82, 2.24) is 0 Å². The Morgan fingerprint density at radius 3 is 2.20 bits per heavy atom. The van der Waals surface area contributed by atoms with Crippen LogP contribution in [0.2, 0.25) is 0 Å². The third-order valence-corrected chi connectivity index (χ3v) is 2.51. The monoisotopic (exact) mass is 218 g/mol. The maximum atomic E-state index is 3.74. The van der Waals surface area contributed by atoms with Crippen LogP contribution in [-0.2, 0) is 0 Å². The van der Waals surface area contributed by atoms with Gasteiger partial charge in [0, 0.05) is 9.80 Å². The van der Waals surface area contributed by atoms with Crippen molar-refractivity contribution < 1.29 is 0 Å². The molecule has 0 radical (unpaired) electrons. The van der Waals surface area contributed by atoms with Gasteiger partial charge < -0.3 is 0 Å². The molecular formula is C14H18S. The van der Waals surface area contributed by atoms with Crippen molar-refractivity contribution in [3.8, 4) is 0 Å². The first-order valence-electron chi connectivity index (χ1n) is 5.05. The molecule has 80 valence electrons. The molecule has 0 aliphatic rings. The van der Waals surface area contributed by atoms with Crippen LogP contribution in [0, 0.1) is 0 Å². The maximum Gasteiger partial charge on any atom is 0.0122 e. The van der Waals surface area contributed by atoms with E-state index in [0.717, 1.165) is 4.91 Å². The van der Waals surface area contributed by atoms with Gasteiger partial charge in [0.2, 0.25) is 0 Å². The lowest BCUT2D eigenvalue weighted by atomic mass is 10.4. The Hall–Kier alpha value is -1.21. The van der Waals surface area contributed by atoms with E-state index in [1.807, 2.05) is 44.2 Å². The van der Waals surface area contributed by atoms with Crippen LogP contribution in [0.15, 0.2) is 71.5 Å². The summed E-state index contributed by atoms with van der Waals surface area (Å²) in [5.41, 5.74) is 0. The van der Waals surface area contributed by atoms with Gasteiger partial charge in [0.1, 0.15) is 0 Å². The zero-order valence-corrected chi connectivity index (χ0v) is 10.3. The van der Waals surface area contributed by atoms with Crippen LogP contribution in [0.3, 0.4) is 0 Å². The van der Waals surface area contributed by atoms with Gasteiger partial charge in [-0.05, 0) is 18.2 Å². The van der Waals surface area contributed by atoms with Crippen LogP contribution in [0.25, 0.3) is 0 Å². The van der Waals surface area contributed by atoms with Gasteiger partial charge in [-0.2, -0.15) is 0 Å². The van der Waals surface area contributed by atoms with E-state index in [9.17, 15) is 0 Å². The Morgan fingerprint density at radius 2 is 1.73 bits per heavy atom. The summed E-state index contributed by atoms with van der Waals surface area (Å²) in [7, 11) is 0. The Bertz CT molecular complexity index is 309. The second kappa shape index (κ2) is 9.35. The average molecular weight is 218 g/mol. The van der Waals surface area contributed by atoms with Gasteiger partial charge >= 0.3 is 0 Å². The standard InChI is InChI=1S/C12H12S.C2H6/c1-3-8-11(4-2)13-12-9-6-5-7-10-12;1-2/h3-10H,1-2H2;1-2H3/b11-8+;. The highest BCUT2D eigenvalue weighted by Crippen LogP contribution is 2.26. The predicted molar refractivity (Wildman–Crippen MR) is 72.1 cm³/mol. The van der Waals surface area contributed by atoms with E-state index in [-0.39, 0.29) is 0 Å². The minimum atomic E-state index is 1.11. The maximum absolute atomic E-state index is 3.74. The number of allylic oxidation sites excluding steroid dienone is 3. The molecule has 0 spiro atoms. The Labute approximate surface area is 97.4 Å². The highest BCUT2D eigenvalue weighted by atomic mass is 32.2. The second-order valence-electron chi connectivity index (χ2n) is 2.42. The highest BCUT2D eigenvalue weighted by molar-refractivity contribution is 8.03. The van der Waals surface area contributed by atoms with Crippen LogP contribution in [0.5, 0.6) is 0 Å². The third kappa shape index (κ3) is 5.97. The van der Waals surface area contributed by atoms with Crippen molar-refractivity contribution in [3.05, 3.63) is 66.6 Å². The Balaban J connectivity index is 0.000000921. The Morgan fingerprint density at radius 1 is 1.13 bits per heavy atom. The van der Waals surface area contributed by atoms with Crippen molar-refractivity contribution in [3.63, 3.8) is 0 Å². The molecule has 0 unspecified atom stereocenters. The lowest BCUT2D eigenvalue weighted by Crippen LogP contribution is -1.71. The zero-order chi connectivity index (χ0) is 11.5. The first-order valence-corrected chi connectivity index (χ1v) is 5.86. The molecule has 15 heavy (non-hydrogen) atoms. The van der Waals surface area contributed by atoms with Crippen molar-refractivity contribution in [2.45, 2.75) is 18.7 Å². The van der Waals surface area contributed by atoms with Crippen LogP contribution < -0.4 is 0 Å². The summed E-state index contributed by atoms with van der Waals surface area (Å²) in [6.45, 7) is 11.4. The molecular weight excluding hydrogens is 200 g/mol. The van der Waals surface area contributed by atoms with E-state index in [1.54, 1.807) is 17.8 Å². The first-order chi connectivity index (χ1) is 7.36. The molecule has 1 aromatic rings. The fraction of sp³-hybridized carbons (Fsp3) is 0.143. The van der Waals surface area contributed by atoms with Gasteiger partial charge in [-0.1, -0.05) is 69.1 Å². The van der Waals surface area contributed by atoms with E-state index >= 15 is 0 Å². The van der Waals surface area contributed by atoms with Crippen LogP contribution in [-0.4, -0.2) is 0 Å². The summed E-state index contributed by atoms with van der Waals surface area (Å²) in [5.74, 6) is 0. The van der Waals surface area contributed by atoms with E-state index < -0.39 is 0 Å². The molecule has 0 N–H and O–H groups in total. The van der Waals surface area contributed by atoms with Gasteiger partial charge in [-0.15, -0.1) is 0 Å². The van der Waals surface area contributed by atoms with Gasteiger partial charge in [0.05, 0.1) is 0 Å². The number of hydrogen-bond donors (Lipinski definition) is 0. The summed E-state index contributed by atoms with van der Waals surface area (Å²) in [5, 5.41) is 0. The van der Waals surface area contributed by atoms with Gasteiger partial charge in [0.15, 0.2) is 0 Å². The van der Waals surface area contributed by atoms with Gasteiger partial charge in [0.25, 0.3) is 0 Å². The largest absolute Gasteiger partial charge is 0.0990 e. The lowest BCUT2D eigenvalue weighted by Gasteiger charge is -1.99. The van der Waals surface area contributed by atoms with E-state index in [1.165, 1.54) is 4.90 Å². The van der Waals surface area contributed by atoms with E-state index in [0.29, 0.717) is 0 Å². The molecule has 0 atom stereocenters. The molecule has 0 saturated carbocycles. The summed E-state index contributed by atoms with van der Waals surface area (Å²) < 4.78 is 0. The first kappa shape index (κ1) is 13.8. The molecule has 0 aliphatic carbocycles. The summed E-state index contributed by atoms with van der Waals surface area (Å²) in [6, 6.07) is 10.2. The summed E-state index contributed by atoms with van der Waals surface area (Å²) >= 11 is 1.69. The molecule has 1 rings (SSSR count). The molecule has 0 aliphatic heterocycles. The van der Waals surface area contributed by atoms with Gasteiger partial charge in [-0.25, -0.2) is 0 Å². The van der Waals surface area contributed by atoms with Crippen molar-refractivity contribution in [1.29, 1.82) is 0 Å². The van der Waals surface area contributed by atoms with Crippen molar-refractivity contribution >= 4 is 11.8 Å². The third-order valence-electron chi connectivity index (χ3n) is 1.46. The number of hydrogen-bond acceptors (Lipinski definition) is 1. The van der Waals surface area contributed by atoms with Crippen LogP contribution in [0.4, 0.5) is 0 Å². The molecule has 0 aromatic heterocycles. The quantitative estimate of drug-likeness (QED) is 0.503. The molecule has 0 saturated heterocycles. The smallest absolute Gasteiger partial charge is 0.0122 e. The van der Waals surface area contributed by atoms with E-state index in [4.69, 9.17) is 0 Å². The summed E-state index contributed by atoms with van der Waals surface area (Å²) in [4.78, 5) is 2.33. The van der Waals surface area contributed by atoms with Crippen molar-refractivity contribution in [2.75, 3.05) is 0 Å². The molecule has 0 bridgehead atoms. The molecule has 0 fully saturated rings. The minimum absolute atomic E-state index is 1.11. The molecule has 1 aromatic carbocycles. The number of rotatable bonds is 4. The molecule has 0 heterocycles. The Kier molecular flexibility index (Phi) is 8.59. The van der Waals surface area contributed by atoms with Crippen LogP contribution >= 0.6 is 11.8 Å². The van der Waals surface area contributed by atoms with Gasteiger partial charge in [-0.3, -0.25) is 0 Å². The number of thioether (sulfide) groups is 1. The molecule has 0 amide bonds. The lowest BCUT2D eigenvalue weighted by molar-refractivity contribution is 1.47. The average Bonchev–Trinajstić information content (AvgIpc) is 2.32. The normalized spacial score (nSPS) is 9.87. The minimum Gasteiger partial charge on any atom is -0.0990 e. The van der Waals surface area contributed by atoms with Crippen molar-refractivity contribution in [2.24, 2.45) is 0 Å².